The number of nitrogens with one attached hydrogen (secondary N) is 1. The molecule has 0 aromatic heterocycles. The van der Waals surface area contributed by atoms with Gasteiger partial charge in [-0.15, -0.1) is 0 Å². The van der Waals surface area contributed by atoms with Crippen molar-refractivity contribution in [2.24, 2.45) is 0 Å². The molecular weight excluding hydrogens is 282 g/mol. The number of rotatable bonds is 3. The highest BCUT2D eigenvalue weighted by Gasteiger charge is 2.33. The van der Waals surface area contributed by atoms with E-state index in [2.05, 4.69) is 40.2 Å². The Balaban J connectivity index is 1.79. The first-order chi connectivity index (χ1) is 10.2. The molecule has 116 valence electrons. The summed E-state index contributed by atoms with van der Waals surface area (Å²) in [5.74, 6) is 0. The van der Waals surface area contributed by atoms with E-state index in [0.717, 1.165) is 18.1 Å². The van der Waals surface area contributed by atoms with Crippen LogP contribution in [0.15, 0.2) is 18.2 Å². The number of piperazine rings is 1. The standard InChI is InChI=1S/C17H26ClN3/c1-13-11-20-8-4-3-5-15(20)12-21(13)17-7-6-14(10-19-2)9-16(17)18/h6-7,9,13,15,19H,3-5,8,10-12H2,1-2H3. The van der Waals surface area contributed by atoms with Gasteiger partial charge in [0, 0.05) is 31.7 Å². The fourth-order valence-corrected chi connectivity index (χ4v) is 4.10. The smallest absolute Gasteiger partial charge is 0.0642 e. The van der Waals surface area contributed by atoms with Gasteiger partial charge in [0.05, 0.1) is 10.7 Å². The van der Waals surface area contributed by atoms with E-state index in [9.17, 15) is 0 Å². The van der Waals surface area contributed by atoms with Crippen molar-refractivity contribution < 1.29 is 0 Å². The van der Waals surface area contributed by atoms with Crippen LogP contribution in [0.4, 0.5) is 5.69 Å². The molecule has 1 aromatic rings. The Morgan fingerprint density at radius 2 is 2.14 bits per heavy atom. The number of halogens is 1. The number of benzene rings is 1. The second kappa shape index (κ2) is 6.55. The summed E-state index contributed by atoms with van der Waals surface area (Å²) in [6, 6.07) is 7.74. The third-order valence-corrected chi connectivity index (χ3v) is 5.19. The minimum absolute atomic E-state index is 0.534. The van der Waals surface area contributed by atoms with Crippen LogP contribution in [0.25, 0.3) is 0 Å². The topological polar surface area (TPSA) is 18.5 Å². The fourth-order valence-electron chi connectivity index (χ4n) is 3.79. The van der Waals surface area contributed by atoms with Crippen LogP contribution in [0.3, 0.4) is 0 Å². The molecule has 3 rings (SSSR count). The molecule has 0 radical (unpaired) electrons. The van der Waals surface area contributed by atoms with E-state index in [0.29, 0.717) is 12.1 Å². The maximum absolute atomic E-state index is 6.56. The van der Waals surface area contributed by atoms with E-state index in [-0.39, 0.29) is 0 Å². The normalized spacial score (nSPS) is 26.7. The molecule has 0 aliphatic carbocycles. The quantitative estimate of drug-likeness (QED) is 0.925. The number of anilines is 1. The zero-order valence-electron chi connectivity index (χ0n) is 13.1. The van der Waals surface area contributed by atoms with Crippen molar-refractivity contribution in [3.63, 3.8) is 0 Å². The van der Waals surface area contributed by atoms with Gasteiger partial charge in [-0.05, 0) is 51.1 Å². The minimum Gasteiger partial charge on any atom is -0.365 e. The molecular formula is C17H26ClN3. The summed E-state index contributed by atoms with van der Waals surface area (Å²) in [6.07, 6.45) is 4.07. The number of nitrogens with zero attached hydrogens (tertiary/aromatic N) is 2. The maximum atomic E-state index is 6.56. The van der Waals surface area contributed by atoms with Gasteiger partial charge < -0.3 is 10.2 Å². The van der Waals surface area contributed by atoms with Crippen LogP contribution < -0.4 is 10.2 Å². The molecule has 2 saturated heterocycles. The highest BCUT2D eigenvalue weighted by molar-refractivity contribution is 6.33. The van der Waals surface area contributed by atoms with Gasteiger partial charge in [0.25, 0.3) is 0 Å². The van der Waals surface area contributed by atoms with Crippen molar-refractivity contribution in [2.75, 3.05) is 31.6 Å². The first-order valence-corrected chi connectivity index (χ1v) is 8.50. The second-order valence-corrected chi connectivity index (χ2v) is 6.87. The molecule has 0 saturated carbocycles. The van der Waals surface area contributed by atoms with Gasteiger partial charge in [-0.2, -0.15) is 0 Å². The first kappa shape index (κ1) is 15.1. The van der Waals surface area contributed by atoms with E-state index < -0.39 is 0 Å². The third kappa shape index (κ3) is 3.20. The number of hydrogen-bond acceptors (Lipinski definition) is 3. The lowest BCUT2D eigenvalue weighted by Gasteiger charge is -2.48. The molecule has 0 spiro atoms. The Labute approximate surface area is 133 Å². The Morgan fingerprint density at radius 1 is 1.29 bits per heavy atom. The number of hydrogen-bond donors (Lipinski definition) is 1. The van der Waals surface area contributed by atoms with Crippen molar-refractivity contribution in [2.45, 2.75) is 44.8 Å². The molecule has 2 aliphatic heterocycles. The molecule has 2 fully saturated rings. The van der Waals surface area contributed by atoms with Crippen molar-refractivity contribution in [1.82, 2.24) is 10.2 Å². The lowest BCUT2D eigenvalue weighted by Crippen LogP contribution is -2.58. The SMILES string of the molecule is CNCc1ccc(N2CC3CCCCN3CC2C)c(Cl)c1. The molecule has 2 atom stereocenters. The minimum atomic E-state index is 0.534. The average Bonchev–Trinajstić information content (AvgIpc) is 2.47. The molecule has 0 amide bonds. The highest BCUT2D eigenvalue weighted by atomic mass is 35.5. The second-order valence-electron chi connectivity index (χ2n) is 6.46. The lowest BCUT2D eigenvalue weighted by atomic mass is 9.96. The van der Waals surface area contributed by atoms with Gasteiger partial charge in [0.2, 0.25) is 0 Å². The molecule has 3 nitrogen and oxygen atoms in total. The molecule has 1 aromatic carbocycles. The van der Waals surface area contributed by atoms with E-state index in [1.165, 1.54) is 43.6 Å². The van der Waals surface area contributed by atoms with Crippen molar-refractivity contribution in [1.29, 1.82) is 0 Å². The monoisotopic (exact) mass is 307 g/mol. The van der Waals surface area contributed by atoms with Gasteiger partial charge in [0.1, 0.15) is 0 Å². The molecule has 2 unspecified atom stereocenters. The summed E-state index contributed by atoms with van der Waals surface area (Å²) in [7, 11) is 1.96. The molecule has 4 heteroatoms. The Kier molecular flexibility index (Phi) is 4.72. The third-order valence-electron chi connectivity index (χ3n) is 4.89. The van der Waals surface area contributed by atoms with E-state index in [4.69, 9.17) is 11.6 Å². The van der Waals surface area contributed by atoms with Crippen molar-refractivity contribution in [3.05, 3.63) is 28.8 Å². The average molecular weight is 308 g/mol. The van der Waals surface area contributed by atoms with Crippen LogP contribution in [-0.4, -0.2) is 43.7 Å². The van der Waals surface area contributed by atoms with Crippen LogP contribution in [-0.2, 0) is 6.54 Å². The van der Waals surface area contributed by atoms with Crippen LogP contribution in [0, 0.1) is 0 Å². The number of fused-ring (bicyclic) bond motifs is 1. The highest BCUT2D eigenvalue weighted by Crippen LogP contribution is 2.33. The van der Waals surface area contributed by atoms with Crippen molar-refractivity contribution in [3.8, 4) is 0 Å². The molecule has 21 heavy (non-hydrogen) atoms. The van der Waals surface area contributed by atoms with E-state index in [1.54, 1.807) is 0 Å². The largest absolute Gasteiger partial charge is 0.365 e. The molecule has 1 N–H and O–H groups in total. The van der Waals surface area contributed by atoms with Crippen LogP contribution in [0.2, 0.25) is 5.02 Å². The molecule has 0 bridgehead atoms. The fraction of sp³-hybridized carbons (Fsp3) is 0.647. The van der Waals surface area contributed by atoms with Crippen LogP contribution in [0.5, 0.6) is 0 Å². The van der Waals surface area contributed by atoms with E-state index in [1.807, 2.05) is 7.05 Å². The van der Waals surface area contributed by atoms with Gasteiger partial charge in [-0.1, -0.05) is 24.1 Å². The zero-order chi connectivity index (χ0) is 14.8. The summed E-state index contributed by atoms with van der Waals surface area (Å²) >= 11 is 6.56. The summed E-state index contributed by atoms with van der Waals surface area (Å²) in [6.45, 7) is 6.75. The lowest BCUT2D eigenvalue weighted by molar-refractivity contribution is 0.115. The molecule has 2 aliphatic rings. The predicted octanol–water partition coefficient (Wildman–Crippen LogP) is 3.12. The first-order valence-electron chi connectivity index (χ1n) is 8.12. The maximum Gasteiger partial charge on any atom is 0.0642 e. The summed E-state index contributed by atoms with van der Waals surface area (Å²) in [5.41, 5.74) is 2.45. The van der Waals surface area contributed by atoms with Crippen LogP contribution in [0.1, 0.15) is 31.7 Å². The van der Waals surface area contributed by atoms with Crippen LogP contribution >= 0.6 is 11.6 Å². The number of piperidine rings is 1. The summed E-state index contributed by atoms with van der Waals surface area (Å²) < 4.78 is 0. The predicted molar refractivity (Wildman–Crippen MR) is 90.2 cm³/mol. The van der Waals surface area contributed by atoms with Gasteiger partial charge in [-0.3, -0.25) is 4.90 Å². The van der Waals surface area contributed by atoms with Gasteiger partial charge in [-0.25, -0.2) is 0 Å². The van der Waals surface area contributed by atoms with Gasteiger partial charge in [0.15, 0.2) is 0 Å². The molecule has 2 heterocycles. The Hall–Kier alpha value is -0.770. The summed E-state index contributed by atoms with van der Waals surface area (Å²) in [4.78, 5) is 5.19. The van der Waals surface area contributed by atoms with E-state index >= 15 is 0 Å². The Bertz CT molecular complexity index is 491. The zero-order valence-corrected chi connectivity index (χ0v) is 13.9. The summed E-state index contributed by atoms with van der Waals surface area (Å²) in [5, 5.41) is 4.07. The van der Waals surface area contributed by atoms with Gasteiger partial charge >= 0.3 is 0 Å². The Morgan fingerprint density at radius 3 is 2.90 bits per heavy atom. The van der Waals surface area contributed by atoms with Crippen molar-refractivity contribution >= 4 is 17.3 Å².